The quantitative estimate of drug-likeness (QED) is 0.295. The Labute approximate surface area is 201 Å². The van der Waals surface area contributed by atoms with Gasteiger partial charge in [-0.15, -0.1) is 0 Å². The van der Waals surface area contributed by atoms with E-state index in [9.17, 15) is 0 Å². The molecule has 0 spiro atoms. The average molecular weight is 443 g/mol. The van der Waals surface area contributed by atoms with Crippen molar-refractivity contribution in [1.29, 1.82) is 0 Å². The minimum absolute atomic E-state index is 0.00813. The third-order valence-corrected chi connectivity index (χ3v) is 8.13. The summed E-state index contributed by atoms with van der Waals surface area (Å²) >= 11 is 0. The number of rotatable bonds is 13. The van der Waals surface area contributed by atoms with Crippen molar-refractivity contribution in [2.45, 2.75) is 144 Å². The first-order chi connectivity index (χ1) is 15.0. The third-order valence-electron chi connectivity index (χ3n) is 8.13. The number of benzene rings is 1. The molecule has 1 aliphatic heterocycles. The Hall–Kier alpha value is -0.980. The summed E-state index contributed by atoms with van der Waals surface area (Å²) in [6, 6.07) is 2.42. The molecule has 1 heterocycles. The number of hydrogen-bond donors (Lipinski definition) is 0. The van der Waals surface area contributed by atoms with Gasteiger partial charge in [0.25, 0.3) is 0 Å². The molecule has 0 N–H and O–H groups in total. The van der Waals surface area contributed by atoms with E-state index < -0.39 is 0 Å². The summed E-state index contributed by atoms with van der Waals surface area (Å²) in [5.41, 5.74) is 5.73. The van der Waals surface area contributed by atoms with Crippen LogP contribution in [0.25, 0.3) is 0 Å². The fraction of sp³-hybridized carbons (Fsp3) is 0.806. The van der Waals surface area contributed by atoms with Gasteiger partial charge in [-0.3, -0.25) is 0 Å². The van der Waals surface area contributed by atoms with Crippen LogP contribution in [0, 0.1) is 31.6 Å². The molecule has 32 heavy (non-hydrogen) atoms. The van der Waals surface area contributed by atoms with Gasteiger partial charge in [-0.1, -0.05) is 92.6 Å². The van der Waals surface area contributed by atoms with Gasteiger partial charge in [0.2, 0.25) is 0 Å². The molecule has 1 aromatic carbocycles. The Bertz CT molecular complexity index is 701. The van der Waals surface area contributed by atoms with Gasteiger partial charge in [0.05, 0.1) is 0 Å². The minimum atomic E-state index is 0.00813. The maximum absolute atomic E-state index is 6.71. The van der Waals surface area contributed by atoms with Gasteiger partial charge in [-0.25, -0.2) is 0 Å². The molecule has 0 saturated heterocycles. The first kappa shape index (κ1) is 27.3. The van der Waals surface area contributed by atoms with Crippen LogP contribution >= 0.6 is 0 Å². The van der Waals surface area contributed by atoms with Gasteiger partial charge in [-0.2, -0.15) is 0 Å². The van der Waals surface area contributed by atoms with E-state index in [1.807, 2.05) is 0 Å². The number of fused-ring (bicyclic) bond motifs is 1. The molecule has 1 heteroatoms. The second-order valence-electron chi connectivity index (χ2n) is 12.3. The van der Waals surface area contributed by atoms with E-state index in [1.165, 1.54) is 85.8 Å². The van der Waals surface area contributed by atoms with Crippen molar-refractivity contribution in [3.63, 3.8) is 0 Å². The lowest BCUT2D eigenvalue weighted by atomic mass is 9.83. The topological polar surface area (TPSA) is 9.23 Å². The van der Waals surface area contributed by atoms with Crippen LogP contribution in [0.5, 0.6) is 5.75 Å². The molecule has 0 aromatic heterocycles. The van der Waals surface area contributed by atoms with Gasteiger partial charge in [0.1, 0.15) is 11.4 Å². The van der Waals surface area contributed by atoms with Crippen LogP contribution in [0.1, 0.15) is 141 Å². The number of hydrogen-bond acceptors (Lipinski definition) is 1. The lowest BCUT2D eigenvalue weighted by Crippen LogP contribution is -2.37. The van der Waals surface area contributed by atoms with Crippen LogP contribution < -0.4 is 4.74 Å². The van der Waals surface area contributed by atoms with Crippen molar-refractivity contribution in [3.8, 4) is 5.75 Å². The predicted molar refractivity (Wildman–Crippen MR) is 142 cm³/mol. The average Bonchev–Trinajstić information content (AvgIpc) is 2.70. The molecule has 1 nitrogen and oxygen atoms in total. The molecule has 0 aliphatic carbocycles. The molecular weight excluding hydrogens is 388 g/mol. The van der Waals surface area contributed by atoms with E-state index in [1.54, 1.807) is 0 Å². The Morgan fingerprint density at radius 3 is 1.94 bits per heavy atom. The molecule has 1 aromatic rings. The highest BCUT2D eigenvalue weighted by molar-refractivity contribution is 5.51. The van der Waals surface area contributed by atoms with E-state index in [4.69, 9.17) is 4.74 Å². The van der Waals surface area contributed by atoms with Crippen LogP contribution in [-0.4, -0.2) is 5.60 Å². The van der Waals surface area contributed by atoms with Crippen LogP contribution in [-0.2, 0) is 6.42 Å². The van der Waals surface area contributed by atoms with Crippen molar-refractivity contribution >= 4 is 0 Å². The zero-order valence-electron chi connectivity index (χ0n) is 23.1. The van der Waals surface area contributed by atoms with Crippen molar-refractivity contribution in [3.05, 3.63) is 28.3 Å². The van der Waals surface area contributed by atoms with Gasteiger partial charge >= 0.3 is 0 Å². The maximum atomic E-state index is 6.71. The van der Waals surface area contributed by atoms with E-state index in [-0.39, 0.29) is 5.60 Å². The zero-order chi connectivity index (χ0) is 23.9. The molecule has 1 aliphatic rings. The summed E-state index contributed by atoms with van der Waals surface area (Å²) in [6.45, 7) is 21.1. The molecule has 0 fully saturated rings. The van der Waals surface area contributed by atoms with Crippen LogP contribution in [0.3, 0.4) is 0 Å². The SMILES string of the molecule is Cc1c(C(C)C)cc2c(c1C)O[C@@](C)(CCC[C@@H](C)CCC[C@@H](C)CCCC(C)C)CC2. The molecule has 0 unspecified atom stereocenters. The normalized spacial score (nSPS) is 20.3. The van der Waals surface area contributed by atoms with E-state index >= 15 is 0 Å². The van der Waals surface area contributed by atoms with Crippen LogP contribution in [0.15, 0.2) is 6.07 Å². The monoisotopic (exact) mass is 442 g/mol. The Kier molecular flexibility index (Phi) is 10.6. The summed E-state index contributed by atoms with van der Waals surface area (Å²) < 4.78 is 6.71. The van der Waals surface area contributed by atoms with E-state index in [2.05, 4.69) is 68.4 Å². The molecule has 3 atom stereocenters. The van der Waals surface area contributed by atoms with Crippen molar-refractivity contribution in [1.82, 2.24) is 0 Å². The first-order valence-electron chi connectivity index (χ1n) is 13.8. The van der Waals surface area contributed by atoms with E-state index in [0.29, 0.717) is 5.92 Å². The lowest BCUT2D eigenvalue weighted by molar-refractivity contribution is 0.0515. The number of aryl methyl sites for hydroxylation is 1. The minimum Gasteiger partial charge on any atom is -0.487 e. The molecule has 0 radical (unpaired) electrons. The van der Waals surface area contributed by atoms with Crippen molar-refractivity contribution in [2.24, 2.45) is 17.8 Å². The molecule has 184 valence electrons. The summed E-state index contributed by atoms with van der Waals surface area (Å²) in [4.78, 5) is 0. The first-order valence-corrected chi connectivity index (χ1v) is 13.8. The summed E-state index contributed by atoms with van der Waals surface area (Å²) in [5, 5.41) is 0. The van der Waals surface area contributed by atoms with Crippen LogP contribution in [0.2, 0.25) is 0 Å². The van der Waals surface area contributed by atoms with Gasteiger partial charge in [0, 0.05) is 0 Å². The van der Waals surface area contributed by atoms with Gasteiger partial charge < -0.3 is 4.74 Å². The Balaban J connectivity index is 1.75. The molecular formula is C31H54O. The highest BCUT2D eigenvalue weighted by atomic mass is 16.5. The molecule has 0 bridgehead atoms. The second-order valence-corrected chi connectivity index (χ2v) is 12.3. The smallest absolute Gasteiger partial charge is 0.126 e. The standard InChI is InChI=1S/C31H54O/c1-22(2)13-10-14-24(5)15-11-16-25(6)17-12-19-31(9)20-18-28-21-29(23(3)4)26(7)27(8)30(28)32-31/h21-25H,10-20H2,1-9H3/t24-,25-,31-/m0/s1. The van der Waals surface area contributed by atoms with E-state index in [0.717, 1.165) is 30.6 Å². The third kappa shape index (κ3) is 8.11. The predicted octanol–water partition coefficient (Wildman–Crippen LogP) is 9.95. The fourth-order valence-electron chi connectivity index (χ4n) is 5.59. The second kappa shape index (κ2) is 12.5. The maximum Gasteiger partial charge on any atom is 0.126 e. The summed E-state index contributed by atoms with van der Waals surface area (Å²) in [6.07, 6.45) is 14.6. The van der Waals surface area contributed by atoms with Crippen LogP contribution in [0.4, 0.5) is 0 Å². The Morgan fingerprint density at radius 1 is 0.812 bits per heavy atom. The van der Waals surface area contributed by atoms with Crippen molar-refractivity contribution in [2.75, 3.05) is 0 Å². The lowest BCUT2D eigenvalue weighted by Gasteiger charge is -2.38. The largest absolute Gasteiger partial charge is 0.487 e. The fourth-order valence-corrected chi connectivity index (χ4v) is 5.59. The summed E-state index contributed by atoms with van der Waals surface area (Å²) in [7, 11) is 0. The highest BCUT2D eigenvalue weighted by Gasteiger charge is 2.33. The summed E-state index contributed by atoms with van der Waals surface area (Å²) in [5.74, 6) is 4.38. The molecule has 0 amide bonds. The van der Waals surface area contributed by atoms with Gasteiger partial charge in [0.15, 0.2) is 0 Å². The molecule has 2 rings (SSSR count). The number of ether oxygens (including phenoxy) is 1. The zero-order valence-corrected chi connectivity index (χ0v) is 23.1. The van der Waals surface area contributed by atoms with Crippen molar-refractivity contribution < 1.29 is 4.74 Å². The molecule has 0 saturated carbocycles. The highest BCUT2D eigenvalue weighted by Crippen LogP contribution is 2.41. The van der Waals surface area contributed by atoms with Gasteiger partial charge in [-0.05, 0) is 92.4 Å². The Morgan fingerprint density at radius 2 is 1.38 bits per heavy atom.